The van der Waals surface area contributed by atoms with Gasteiger partial charge in [0.2, 0.25) is 5.82 Å². The zero-order chi connectivity index (χ0) is 22.1. The van der Waals surface area contributed by atoms with Crippen molar-refractivity contribution in [3.05, 3.63) is 79.7 Å². The number of anilines is 1. The Morgan fingerprint density at radius 2 is 1.94 bits per heavy atom. The third-order valence-corrected chi connectivity index (χ3v) is 6.20. The fourth-order valence-electron chi connectivity index (χ4n) is 3.28. The van der Waals surface area contributed by atoms with Crippen LogP contribution in [-0.2, 0) is 0 Å². The van der Waals surface area contributed by atoms with Crippen molar-refractivity contribution in [2.24, 2.45) is 0 Å². The van der Waals surface area contributed by atoms with E-state index in [4.69, 9.17) is 4.74 Å². The summed E-state index contributed by atoms with van der Waals surface area (Å²) in [6, 6.07) is 12.2. The highest BCUT2D eigenvalue weighted by Crippen LogP contribution is 2.34. The molecular weight excluding hydrogens is 418 g/mol. The van der Waals surface area contributed by atoms with Crippen LogP contribution >= 0.6 is 11.3 Å². The second kappa shape index (κ2) is 8.15. The highest BCUT2D eigenvalue weighted by Gasteiger charge is 2.26. The van der Waals surface area contributed by atoms with Crippen molar-refractivity contribution in [1.29, 1.82) is 0 Å². The molecule has 4 aromatic rings. The lowest BCUT2D eigenvalue weighted by atomic mass is 10.2. The van der Waals surface area contributed by atoms with Gasteiger partial charge in [0.1, 0.15) is 16.4 Å². The Morgan fingerprint density at radius 1 is 1.19 bits per heavy atom. The van der Waals surface area contributed by atoms with Crippen molar-refractivity contribution in [3.8, 4) is 16.3 Å². The minimum atomic E-state index is -0.731. The van der Waals surface area contributed by atoms with Gasteiger partial charge in [-0.05, 0) is 50.2 Å². The molecule has 0 bridgehead atoms. The second-order valence-electron chi connectivity index (χ2n) is 6.86. The van der Waals surface area contributed by atoms with Gasteiger partial charge in [-0.3, -0.25) is 19.3 Å². The Bertz CT molecular complexity index is 1330. The number of rotatable bonds is 6. The third-order valence-electron chi connectivity index (χ3n) is 4.81. The van der Waals surface area contributed by atoms with E-state index in [1.807, 2.05) is 38.1 Å². The highest BCUT2D eigenvalue weighted by atomic mass is 32.1. The minimum absolute atomic E-state index is 0.0625. The lowest BCUT2D eigenvalue weighted by Crippen LogP contribution is -2.22. The maximum Gasteiger partial charge on any atom is 0.376 e. The summed E-state index contributed by atoms with van der Waals surface area (Å²) in [5.41, 5.74) is 0.752. The fraction of sp³-hybridized carbons (Fsp3) is 0.190. The predicted octanol–water partition coefficient (Wildman–Crippen LogP) is 4.22. The Kier molecular flexibility index (Phi) is 5.38. The summed E-state index contributed by atoms with van der Waals surface area (Å²) in [5.74, 6) is 0.695. The number of aryl methyl sites for hydroxylation is 1. The van der Waals surface area contributed by atoms with Gasteiger partial charge < -0.3 is 10.1 Å². The Labute approximate surface area is 181 Å². The van der Waals surface area contributed by atoms with E-state index in [-0.39, 0.29) is 11.9 Å². The molecular formula is C21H19N5O4S. The van der Waals surface area contributed by atoms with E-state index in [0.29, 0.717) is 5.65 Å². The number of nitrogens with one attached hydrogen (secondary N) is 1. The summed E-state index contributed by atoms with van der Waals surface area (Å²) >= 11 is 1.48. The van der Waals surface area contributed by atoms with Gasteiger partial charge in [-0.2, -0.15) is 0 Å². The molecule has 1 aromatic carbocycles. The van der Waals surface area contributed by atoms with Crippen LogP contribution in [0.15, 0.2) is 53.5 Å². The lowest BCUT2D eigenvalue weighted by Gasteiger charge is -2.14. The number of hydrogen-bond donors (Lipinski definition) is 1. The van der Waals surface area contributed by atoms with Crippen LogP contribution in [0.4, 0.5) is 11.5 Å². The minimum Gasteiger partial charge on any atom is -0.497 e. The van der Waals surface area contributed by atoms with Crippen LogP contribution in [-0.4, -0.2) is 26.4 Å². The second-order valence-corrected chi connectivity index (χ2v) is 7.89. The smallest absolute Gasteiger partial charge is 0.376 e. The number of fused-ring (bicyclic) bond motifs is 1. The molecule has 9 nitrogen and oxygen atoms in total. The number of aromatic nitrogens is 3. The van der Waals surface area contributed by atoms with Crippen molar-refractivity contribution in [2.45, 2.75) is 19.9 Å². The molecule has 0 aliphatic carbocycles. The number of pyridine rings is 1. The normalized spacial score (nSPS) is 12.0. The van der Waals surface area contributed by atoms with E-state index in [1.54, 1.807) is 25.3 Å². The molecule has 1 unspecified atom stereocenters. The summed E-state index contributed by atoms with van der Waals surface area (Å²) in [5, 5.41) is 15.5. The van der Waals surface area contributed by atoms with E-state index in [2.05, 4.69) is 15.3 Å². The van der Waals surface area contributed by atoms with Crippen molar-refractivity contribution in [1.82, 2.24) is 14.4 Å². The first kappa shape index (κ1) is 20.5. The third kappa shape index (κ3) is 3.84. The molecule has 0 radical (unpaired) electrons. The topological polar surface area (TPSA) is 112 Å². The molecule has 4 rings (SSSR count). The molecule has 10 heteroatoms. The van der Waals surface area contributed by atoms with Crippen LogP contribution in [0.1, 0.15) is 23.5 Å². The molecule has 3 aromatic heterocycles. The van der Waals surface area contributed by atoms with Gasteiger partial charge in [-0.1, -0.05) is 6.07 Å². The van der Waals surface area contributed by atoms with Gasteiger partial charge in [0.25, 0.3) is 0 Å². The largest absolute Gasteiger partial charge is 0.497 e. The molecule has 0 spiro atoms. The highest BCUT2D eigenvalue weighted by molar-refractivity contribution is 7.15. The van der Waals surface area contributed by atoms with Gasteiger partial charge in [0.15, 0.2) is 0 Å². The maximum atomic E-state index is 12.6. The molecule has 3 heterocycles. The summed E-state index contributed by atoms with van der Waals surface area (Å²) in [4.78, 5) is 33.4. The zero-order valence-corrected chi connectivity index (χ0v) is 17.8. The van der Waals surface area contributed by atoms with Crippen molar-refractivity contribution < 1.29 is 9.66 Å². The SMILES string of the molecule is COc1ccc(-c2nc(C)c(C(C)Nc3nc4ccccn4c(=O)c3[N+](=O)[O-])s2)cc1. The Balaban J connectivity index is 1.70. The quantitative estimate of drug-likeness (QED) is 0.355. The van der Waals surface area contributed by atoms with E-state index in [1.165, 1.54) is 17.5 Å². The number of hydrogen-bond acceptors (Lipinski definition) is 8. The molecule has 158 valence electrons. The standard InChI is InChI=1S/C21H19N5O4S/c1-12(18-13(2)23-20(31-18)14-7-9-15(30-3)10-8-14)22-19-17(26(28)29)21(27)25-11-5-4-6-16(25)24-19/h4-12,22H,1-3H3. The Hall–Kier alpha value is -3.79. The van der Waals surface area contributed by atoms with Crippen LogP contribution in [0.5, 0.6) is 5.75 Å². The van der Waals surface area contributed by atoms with Crippen LogP contribution < -0.4 is 15.6 Å². The number of nitrogens with zero attached hydrogens (tertiary/aromatic N) is 4. The van der Waals surface area contributed by atoms with E-state index in [0.717, 1.165) is 31.3 Å². The number of thiazole rings is 1. The van der Waals surface area contributed by atoms with Gasteiger partial charge in [-0.25, -0.2) is 9.97 Å². The summed E-state index contributed by atoms with van der Waals surface area (Å²) in [6.45, 7) is 3.74. The summed E-state index contributed by atoms with van der Waals surface area (Å²) < 4.78 is 6.35. The molecule has 0 saturated heterocycles. The molecule has 1 atom stereocenters. The van der Waals surface area contributed by atoms with E-state index >= 15 is 0 Å². The molecule has 0 aliphatic rings. The van der Waals surface area contributed by atoms with Crippen LogP contribution in [0, 0.1) is 17.0 Å². The van der Waals surface area contributed by atoms with Crippen LogP contribution in [0.25, 0.3) is 16.2 Å². The Morgan fingerprint density at radius 3 is 2.61 bits per heavy atom. The lowest BCUT2D eigenvalue weighted by molar-refractivity contribution is -0.385. The van der Waals surface area contributed by atoms with E-state index < -0.39 is 16.2 Å². The summed E-state index contributed by atoms with van der Waals surface area (Å²) in [6.07, 6.45) is 1.46. The average molecular weight is 437 g/mol. The first-order chi connectivity index (χ1) is 14.9. The number of nitro groups is 1. The van der Waals surface area contributed by atoms with Gasteiger partial charge in [0.05, 0.1) is 23.8 Å². The molecule has 0 saturated carbocycles. The molecule has 1 N–H and O–H groups in total. The predicted molar refractivity (Wildman–Crippen MR) is 119 cm³/mol. The van der Waals surface area contributed by atoms with Gasteiger partial charge >= 0.3 is 11.2 Å². The van der Waals surface area contributed by atoms with Crippen molar-refractivity contribution in [3.63, 3.8) is 0 Å². The van der Waals surface area contributed by atoms with Crippen LogP contribution in [0.3, 0.4) is 0 Å². The van der Waals surface area contributed by atoms with Crippen molar-refractivity contribution >= 4 is 28.5 Å². The average Bonchev–Trinajstić information content (AvgIpc) is 3.15. The molecule has 31 heavy (non-hydrogen) atoms. The van der Waals surface area contributed by atoms with E-state index in [9.17, 15) is 14.9 Å². The fourth-order valence-corrected chi connectivity index (χ4v) is 4.36. The van der Waals surface area contributed by atoms with Gasteiger partial charge in [0, 0.05) is 16.6 Å². The van der Waals surface area contributed by atoms with Gasteiger partial charge in [-0.15, -0.1) is 11.3 Å². The monoisotopic (exact) mass is 437 g/mol. The number of benzene rings is 1. The molecule has 0 fully saturated rings. The number of methoxy groups -OCH3 is 1. The first-order valence-electron chi connectivity index (χ1n) is 9.43. The first-order valence-corrected chi connectivity index (χ1v) is 10.2. The maximum absolute atomic E-state index is 12.6. The molecule has 0 aliphatic heterocycles. The van der Waals surface area contributed by atoms with Crippen LogP contribution in [0.2, 0.25) is 0 Å². The van der Waals surface area contributed by atoms with Crippen molar-refractivity contribution in [2.75, 3.05) is 12.4 Å². The molecule has 0 amide bonds. The number of ether oxygens (including phenoxy) is 1. The summed E-state index contributed by atoms with van der Waals surface area (Å²) in [7, 11) is 1.61. The zero-order valence-electron chi connectivity index (χ0n) is 17.0.